The van der Waals surface area contributed by atoms with Gasteiger partial charge in [-0.05, 0) is 70.4 Å². The third-order valence-corrected chi connectivity index (χ3v) is 6.26. The van der Waals surface area contributed by atoms with Crippen LogP contribution in [0.5, 0.6) is 0 Å². The highest BCUT2D eigenvalue weighted by atomic mass is 16.5. The topological polar surface area (TPSA) is 9.23 Å². The van der Waals surface area contributed by atoms with E-state index >= 15 is 0 Å². The molecule has 1 aliphatic rings. The van der Waals surface area contributed by atoms with Gasteiger partial charge in [0, 0.05) is 7.11 Å². The van der Waals surface area contributed by atoms with E-state index in [1.54, 1.807) is 7.11 Å². The van der Waals surface area contributed by atoms with Gasteiger partial charge in [0.2, 0.25) is 0 Å². The predicted molar refractivity (Wildman–Crippen MR) is 117 cm³/mol. The van der Waals surface area contributed by atoms with Gasteiger partial charge in [0.25, 0.3) is 0 Å². The van der Waals surface area contributed by atoms with Gasteiger partial charge in [0.15, 0.2) is 0 Å². The Morgan fingerprint density at radius 1 is 0.926 bits per heavy atom. The molecule has 0 radical (unpaired) electrons. The summed E-state index contributed by atoms with van der Waals surface area (Å²) in [6.45, 7) is 12.5. The maximum Gasteiger partial charge on any atom is 0.0502 e. The average molecular weight is 363 g/mol. The molecule has 0 fully saturated rings. The quantitative estimate of drug-likeness (QED) is 0.532. The zero-order chi connectivity index (χ0) is 19.7. The Morgan fingerprint density at radius 3 is 2.19 bits per heavy atom. The summed E-state index contributed by atoms with van der Waals surface area (Å²) in [7, 11) is 1.75. The fourth-order valence-corrected chi connectivity index (χ4v) is 4.18. The fourth-order valence-electron chi connectivity index (χ4n) is 4.18. The molecule has 27 heavy (non-hydrogen) atoms. The summed E-state index contributed by atoms with van der Waals surface area (Å²) >= 11 is 0. The lowest BCUT2D eigenvalue weighted by Gasteiger charge is -2.42. The third kappa shape index (κ3) is 4.35. The van der Waals surface area contributed by atoms with Crippen LogP contribution >= 0.6 is 0 Å². The minimum absolute atomic E-state index is 0.256. The molecule has 1 aliphatic carbocycles. The van der Waals surface area contributed by atoms with Crippen LogP contribution in [-0.4, -0.2) is 13.7 Å². The van der Waals surface area contributed by atoms with Crippen LogP contribution < -0.4 is 0 Å². The van der Waals surface area contributed by atoms with Crippen molar-refractivity contribution in [2.45, 2.75) is 64.7 Å². The van der Waals surface area contributed by atoms with E-state index in [0.717, 1.165) is 13.0 Å². The third-order valence-electron chi connectivity index (χ3n) is 6.26. The van der Waals surface area contributed by atoms with Crippen LogP contribution in [0.15, 0.2) is 42.5 Å². The lowest BCUT2D eigenvalue weighted by atomic mass is 9.63. The summed E-state index contributed by atoms with van der Waals surface area (Å²) in [5.41, 5.74) is 8.80. The minimum atomic E-state index is 0.256. The van der Waals surface area contributed by atoms with Crippen molar-refractivity contribution in [2.24, 2.45) is 0 Å². The van der Waals surface area contributed by atoms with Crippen LogP contribution in [-0.2, 0) is 22.0 Å². The molecule has 2 aromatic rings. The molecular weight excluding hydrogens is 328 g/mol. The zero-order valence-electron chi connectivity index (χ0n) is 17.9. The van der Waals surface area contributed by atoms with Gasteiger partial charge in [0.1, 0.15) is 0 Å². The number of hydrogen-bond donors (Lipinski definition) is 0. The van der Waals surface area contributed by atoms with Gasteiger partial charge >= 0.3 is 0 Å². The van der Waals surface area contributed by atoms with Gasteiger partial charge in [-0.3, -0.25) is 0 Å². The second kappa shape index (κ2) is 7.64. The normalized spacial score (nSPS) is 18.2. The van der Waals surface area contributed by atoms with E-state index in [1.807, 2.05) is 0 Å². The number of ether oxygens (including phenoxy) is 1. The summed E-state index contributed by atoms with van der Waals surface area (Å²) in [5.74, 6) is 0. The smallest absolute Gasteiger partial charge is 0.0502 e. The van der Waals surface area contributed by atoms with E-state index in [1.165, 1.54) is 46.2 Å². The number of methoxy groups -OCH3 is 1. The van der Waals surface area contributed by atoms with E-state index < -0.39 is 0 Å². The first-order valence-corrected chi connectivity index (χ1v) is 10.1. The van der Waals surface area contributed by atoms with Crippen LogP contribution in [0.3, 0.4) is 0 Å². The SMILES string of the molecule is COCCc1ccc(C(C)=Cc2ccc3c(c2)C(C)(C)CCC3(C)C)cc1. The highest BCUT2D eigenvalue weighted by molar-refractivity contribution is 5.80. The summed E-state index contributed by atoms with van der Waals surface area (Å²) in [5, 5.41) is 0. The molecule has 0 N–H and O–H groups in total. The molecule has 1 heteroatoms. The van der Waals surface area contributed by atoms with Gasteiger partial charge in [-0.2, -0.15) is 0 Å². The monoisotopic (exact) mass is 362 g/mol. The molecule has 0 saturated carbocycles. The Morgan fingerprint density at radius 2 is 1.56 bits per heavy atom. The molecule has 0 aliphatic heterocycles. The number of allylic oxidation sites excluding steroid dienone is 1. The van der Waals surface area contributed by atoms with Crippen LogP contribution in [0.4, 0.5) is 0 Å². The van der Waals surface area contributed by atoms with Crippen molar-refractivity contribution in [3.05, 3.63) is 70.3 Å². The molecule has 144 valence electrons. The van der Waals surface area contributed by atoms with Crippen molar-refractivity contribution in [3.63, 3.8) is 0 Å². The largest absolute Gasteiger partial charge is 0.384 e. The molecule has 1 nitrogen and oxygen atoms in total. The number of rotatable bonds is 5. The molecule has 0 heterocycles. The van der Waals surface area contributed by atoms with Crippen molar-refractivity contribution in [1.29, 1.82) is 0 Å². The molecule has 0 spiro atoms. The highest BCUT2D eigenvalue weighted by Gasteiger charge is 2.36. The molecule has 0 unspecified atom stereocenters. The van der Waals surface area contributed by atoms with E-state index in [9.17, 15) is 0 Å². The van der Waals surface area contributed by atoms with Crippen molar-refractivity contribution in [1.82, 2.24) is 0 Å². The van der Waals surface area contributed by atoms with Gasteiger partial charge in [-0.15, -0.1) is 0 Å². The van der Waals surface area contributed by atoms with Crippen LogP contribution in [0, 0.1) is 0 Å². The van der Waals surface area contributed by atoms with Crippen LogP contribution in [0.1, 0.15) is 75.3 Å². The summed E-state index contributed by atoms with van der Waals surface area (Å²) < 4.78 is 5.17. The van der Waals surface area contributed by atoms with Gasteiger partial charge in [-0.1, -0.05) is 76.2 Å². The Bertz CT molecular complexity index is 822. The second-order valence-corrected chi connectivity index (χ2v) is 9.34. The summed E-state index contributed by atoms with van der Waals surface area (Å²) in [4.78, 5) is 0. The number of benzene rings is 2. The fraction of sp³-hybridized carbons (Fsp3) is 0.462. The maximum atomic E-state index is 5.17. The van der Waals surface area contributed by atoms with Crippen LogP contribution in [0.25, 0.3) is 11.6 Å². The van der Waals surface area contributed by atoms with Crippen molar-refractivity contribution < 1.29 is 4.74 Å². The van der Waals surface area contributed by atoms with Gasteiger partial charge in [0.05, 0.1) is 6.61 Å². The lowest BCUT2D eigenvalue weighted by molar-refractivity contribution is 0.202. The molecule has 3 rings (SSSR count). The van der Waals surface area contributed by atoms with E-state index in [2.05, 4.69) is 83.2 Å². The van der Waals surface area contributed by atoms with Crippen LogP contribution in [0.2, 0.25) is 0 Å². The molecule has 0 aromatic heterocycles. The predicted octanol–water partition coefficient (Wildman–Crippen LogP) is 6.79. The molecule has 0 atom stereocenters. The Labute approximate surface area is 165 Å². The van der Waals surface area contributed by atoms with Crippen molar-refractivity contribution in [3.8, 4) is 0 Å². The number of fused-ring (bicyclic) bond motifs is 1. The second-order valence-electron chi connectivity index (χ2n) is 9.34. The molecule has 2 aromatic carbocycles. The first kappa shape index (κ1) is 19.9. The zero-order valence-corrected chi connectivity index (χ0v) is 17.9. The lowest BCUT2D eigenvalue weighted by Crippen LogP contribution is -2.33. The molecule has 0 amide bonds. The Balaban J connectivity index is 1.89. The minimum Gasteiger partial charge on any atom is -0.384 e. The van der Waals surface area contributed by atoms with E-state index in [0.29, 0.717) is 0 Å². The number of hydrogen-bond acceptors (Lipinski definition) is 1. The molecular formula is C26H34O. The average Bonchev–Trinajstić information content (AvgIpc) is 2.64. The Kier molecular flexibility index (Phi) is 5.63. The maximum absolute atomic E-state index is 5.17. The Hall–Kier alpha value is -1.86. The van der Waals surface area contributed by atoms with E-state index in [-0.39, 0.29) is 10.8 Å². The van der Waals surface area contributed by atoms with Crippen molar-refractivity contribution in [2.75, 3.05) is 13.7 Å². The van der Waals surface area contributed by atoms with Gasteiger partial charge < -0.3 is 4.74 Å². The highest BCUT2D eigenvalue weighted by Crippen LogP contribution is 2.46. The molecule has 0 saturated heterocycles. The van der Waals surface area contributed by atoms with Crippen molar-refractivity contribution >= 4 is 11.6 Å². The first-order chi connectivity index (χ1) is 12.7. The standard InChI is InChI=1S/C26H34O/c1-19(22-10-7-20(8-11-22)13-16-27-6)17-21-9-12-23-24(18-21)26(4,5)15-14-25(23,2)3/h7-12,17-18H,13-16H2,1-6H3. The van der Waals surface area contributed by atoms with E-state index in [4.69, 9.17) is 4.74 Å². The van der Waals surface area contributed by atoms with Gasteiger partial charge in [-0.25, -0.2) is 0 Å². The first-order valence-electron chi connectivity index (χ1n) is 10.1. The summed E-state index contributed by atoms with van der Waals surface area (Å²) in [6, 6.07) is 16.0. The molecule has 0 bridgehead atoms. The summed E-state index contributed by atoms with van der Waals surface area (Å²) in [6.07, 6.45) is 5.80.